The molecule has 0 radical (unpaired) electrons. The number of rotatable bonds is 14. The molecule has 11 nitrogen and oxygen atoms in total. The monoisotopic (exact) mass is 738 g/mol. The number of fused-ring (bicyclic) bond motifs is 2. The topological polar surface area (TPSA) is 119 Å². The Bertz CT molecular complexity index is 2190. The van der Waals surface area contributed by atoms with Gasteiger partial charge in [0, 0.05) is 68.9 Å². The van der Waals surface area contributed by atoms with E-state index in [2.05, 4.69) is 11.6 Å². The van der Waals surface area contributed by atoms with Gasteiger partial charge in [0.2, 0.25) is 17.7 Å². The molecular formula is C44H46N6O5. The quantitative estimate of drug-likeness (QED) is 0.119. The van der Waals surface area contributed by atoms with E-state index in [1.807, 2.05) is 84.7 Å². The summed E-state index contributed by atoms with van der Waals surface area (Å²) >= 11 is 0. The average molecular weight is 739 g/mol. The molecule has 7 rings (SSSR count). The maximum atomic E-state index is 14.6. The number of benzene rings is 3. The summed E-state index contributed by atoms with van der Waals surface area (Å²) in [7, 11) is 1.91. The van der Waals surface area contributed by atoms with Gasteiger partial charge in [-0.05, 0) is 59.7 Å². The molecule has 2 atom stereocenters. The minimum Gasteiger partial charge on any atom is -0.508 e. The molecule has 5 aromatic rings. The van der Waals surface area contributed by atoms with Crippen LogP contribution in [0.15, 0.2) is 116 Å². The van der Waals surface area contributed by atoms with Crippen LogP contribution >= 0.6 is 0 Å². The molecule has 1 N–H and O–H groups in total. The number of carbonyl (C=O) groups is 4. The minimum atomic E-state index is -0.893. The van der Waals surface area contributed by atoms with Crippen molar-refractivity contribution >= 4 is 34.4 Å². The maximum Gasteiger partial charge on any atom is 0.246 e. The van der Waals surface area contributed by atoms with Crippen LogP contribution in [0.3, 0.4) is 0 Å². The number of nitrogens with zero attached hydrogens (tertiary/aromatic N) is 6. The van der Waals surface area contributed by atoms with Gasteiger partial charge in [-0.2, -0.15) is 0 Å². The van der Waals surface area contributed by atoms with E-state index in [-0.39, 0.29) is 68.3 Å². The highest BCUT2D eigenvalue weighted by Gasteiger charge is 2.51. The lowest BCUT2D eigenvalue weighted by Gasteiger charge is -2.55. The van der Waals surface area contributed by atoms with Crippen LogP contribution in [-0.2, 0) is 47.2 Å². The molecule has 0 aliphatic carbocycles. The first-order chi connectivity index (χ1) is 26.7. The number of hydrogen-bond acceptors (Lipinski definition) is 7. The lowest BCUT2D eigenvalue weighted by Crippen LogP contribution is -2.75. The largest absolute Gasteiger partial charge is 0.508 e. The number of carbonyl (C=O) groups excluding carboxylic acids is 4. The van der Waals surface area contributed by atoms with Crippen molar-refractivity contribution in [1.29, 1.82) is 0 Å². The third-order valence-electron chi connectivity index (χ3n) is 10.6. The fraction of sp³-hybridized carbons (Fsp3) is 0.295. The summed E-state index contributed by atoms with van der Waals surface area (Å²) in [6.07, 6.45) is 9.15. The van der Waals surface area contributed by atoms with Gasteiger partial charge in [-0.1, -0.05) is 72.8 Å². The van der Waals surface area contributed by atoms with Crippen LogP contribution in [0.1, 0.15) is 51.9 Å². The van der Waals surface area contributed by atoms with Crippen molar-refractivity contribution in [2.24, 2.45) is 7.05 Å². The van der Waals surface area contributed by atoms with Crippen molar-refractivity contribution in [2.45, 2.75) is 57.3 Å². The third kappa shape index (κ3) is 8.07. The first kappa shape index (κ1) is 37.3. The third-order valence-corrected chi connectivity index (χ3v) is 10.6. The van der Waals surface area contributed by atoms with Gasteiger partial charge < -0.3 is 19.5 Å². The van der Waals surface area contributed by atoms with Crippen molar-refractivity contribution in [3.8, 4) is 5.75 Å². The van der Waals surface area contributed by atoms with E-state index in [1.54, 1.807) is 56.4 Å². The Labute approximate surface area is 321 Å². The Kier molecular flexibility index (Phi) is 11.2. The predicted octanol–water partition coefficient (Wildman–Crippen LogP) is 5.47. The van der Waals surface area contributed by atoms with Gasteiger partial charge in [0.05, 0.1) is 18.6 Å². The van der Waals surface area contributed by atoms with E-state index < -0.39 is 12.2 Å². The van der Waals surface area contributed by atoms with Crippen molar-refractivity contribution < 1.29 is 24.3 Å². The Morgan fingerprint density at radius 3 is 2.44 bits per heavy atom. The molecule has 3 amide bonds. The number of aryl methyl sites for hydroxylation is 3. The van der Waals surface area contributed by atoms with Crippen molar-refractivity contribution in [2.75, 3.05) is 19.6 Å². The molecule has 55 heavy (non-hydrogen) atoms. The second-order valence-corrected chi connectivity index (χ2v) is 14.4. The molecule has 2 aliphatic heterocycles. The van der Waals surface area contributed by atoms with Crippen LogP contribution in [-0.4, -0.2) is 89.8 Å². The van der Waals surface area contributed by atoms with Crippen LogP contribution in [0.5, 0.6) is 5.75 Å². The predicted molar refractivity (Wildman–Crippen MR) is 209 cm³/mol. The van der Waals surface area contributed by atoms with Crippen LogP contribution in [0.4, 0.5) is 0 Å². The van der Waals surface area contributed by atoms with Crippen LogP contribution in [0.2, 0.25) is 0 Å². The number of piperazine rings is 1. The number of pyridine rings is 1. The zero-order chi connectivity index (χ0) is 38.5. The Balaban J connectivity index is 1.20. The van der Waals surface area contributed by atoms with Gasteiger partial charge in [0.1, 0.15) is 18.0 Å². The molecule has 2 aromatic heterocycles. The molecule has 2 fully saturated rings. The number of aromatic hydroxyl groups is 1. The van der Waals surface area contributed by atoms with Crippen LogP contribution in [0.25, 0.3) is 10.9 Å². The Morgan fingerprint density at radius 2 is 1.69 bits per heavy atom. The second kappa shape index (κ2) is 16.5. The molecule has 0 saturated carbocycles. The van der Waals surface area contributed by atoms with E-state index in [0.29, 0.717) is 24.8 Å². The van der Waals surface area contributed by atoms with Crippen LogP contribution < -0.4 is 0 Å². The SMILES string of the molecule is C=CCN1CC(=O)N2[C@@H](Cc3ccc(O)cc3)C(=O)N(Cc3cccc4c(C(=O)CCCc5cccnc5)cn(C)c34)C[C@@H]2N1C(=O)CCc1ccccc1. The fourth-order valence-electron chi connectivity index (χ4n) is 8.01. The number of ketones is 1. The van der Waals surface area contributed by atoms with E-state index in [0.717, 1.165) is 39.6 Å². The number of hydrogen-bond donors (Lipinski definition) is 1. The first-order valence-corrected chi connectivity index (χ1v) is 18.8. The number of phenolic OH excluding ortho intramolecular Hbond substituents is 1. The van der Waals surface area contributed by atoms with Gasteiger partial charge >= 0.3 is 0 Å². The fourth-order valence-corrected chi connectivity index (χ4v) is 8.01. The normalized spacial score (nSPS) is 17.4. The van der Waals surface area contributed by atoms with Gasteiger partial charge in [0.25, 0.3) is 0 Å². The molecule has 2 aliphatic rings. The second-order valence-electron chi connectivity index (χ2n) is 14.4. The molecule has 282 valence electrons. The van der Waals surface area contributed by atoms with Gasteiger partial charge in [-0.3, -0.25) is 24.2 Å². The molecule has 4 heterocycles. The van der Waals surface area contributed by atoms with Gasteiger partial charge in [-0.15, -0.1) is 6.58 Å². The zero-order valence-corrected chi connectivity index (χ0v) is 31.1. The molecule has 0 spiro atoms. The van der Waals surface area contributed by atoms with E-state index >= 15 is 0 Å². The molecular weight excluding hydrogens is 693 g/mol. The number of amides is 3. The lowest BCUT2D eigenvalue weighted by atomic mass is 9.97. The van der Waals surface area contributed by atoms with E-state index in [4.69, 9.17) is 0 Å². The lowest BCUT2D eigenvalue weighted by molar-refractivity contribution is -0.205. The van der Waals surface area contributed by atoms with Gasteiger partial charge in [-0.25, -0.2) is 10.0 Å². The Hall–Kier alpha value is -6.07. The van der Waals surface area contributed by atoms with E-state index in [1.165, 1.54) is 0 Å². The smallest absolute Gasteiger partial charge is 0.246 e. The zero-order valence-electron chi connectivity index (χ0n) is 31.1. The van der Waals surface area contributed by atoms with Crippen molar-refractivity contribution in [3.63, 3.8) is 0 Å². The average Bonchev–Trinajstić information content (AvgIpc) is 3.54. The van der Waals surface area contributed by atoms with Crippen molar-refractivity contribution in [1.82, 2.24) is 29.4 Å². The molecule has 0 bridgehead atoms. The number of hydrazine groups is 1. The van der Waals surface area contributed by atoms with E-state index in [9.17, 15) is 24.3 Å². The highest BCUT2D eigenvalue weighted by atomic mass is 16.3. The maximum absolute atomic E-state index is 14.6. The molecule has 11 heteroatoms. The highest BCUT2D eigenvalue weighted by molar-refractivity contribution is 6.08. The summed E-state index contributed by atoms with van der Waals surface area (Å²) in [5, 5.41) is 14.2. The number of phenols is 1. The molecule has 2 saturated heterocycles. The summed E-state index contributed by atoms with van der Waals surface area (Å²) in [5.41, 5.74) is 5.24. The van der Waals surface area contributed by atoms with Crippen LogP contribution in [0, 0.1) is 0 Å². The minimum absolute atomic E-state index is 0.0537. The summed E-state index contributed by atoms with van der Waals surface area (Å²) in [5.74, 6) is -0.471. The molecule has 0 unspecified atom stereocenters. The van der Waals surface area contributed by atoms with Gasteiger partial charge in [0.15, 0.2) is 5.78 Å². The Morgan fingerprint density at radius 1 is 0.909 bits per heavy atom. The number of aromatic nitrogens is 2. The summed E-state index contributed by atoms with van der Waals surface area (Å²) in [4.78, 5) is 64.0. The highest BCUT2D eigenvalue weighted by Crippen LogP contribution is 2.32. The molecule has 3 aromatic carbocycles. The number of Topliss-reactive ketones (excluding diaryl/α,β-unsaturated/α-hetero) is 1. The first-order valence-electron chi connectivity index (χ1n) is 18.8. The summed E-state index contributed by atoms with van der Waals surface area (Å²) < 4.78 is 1.95. The standard InChI is InChI=1S/C44H46N6O5/c1-3-24-48-30-42(54)49-38(25-32-17-20-35(51)21-18-32)44(55)47(29-40(49)50(48)41(53)22-19-31-10-5-4-6-11-31)27-34-14-8-15-36-37(28-46(2)43(34)36)39(52)16-7-12-33-13-9-23-45-26-33/h3-6,8-11,13-15,17-18,20-21,23,26,28,38,40,51H,1,7,12,16,19,22,24-25,27,29-30H2,2H3/t38-,40-/m0/s1. The summed E-state index contributed by atoms with van der Waals surface area (Å²) in [6.45, 7) is 4.42. The number of para-hydroxylation sites is 1. The van der Waals surface area contributed by atoms with Crippen molar-refractivity contribution in [3.05, 3.63) is 144 Å². The summed E-state index contributed by atoms with van der Waals surface area (Å²) in [6, 6.07) is 25.3.